The van der Waals surface area contributed by atoms with Gasteiger partial charge in [-0.15, -0.1) is 0 Å². The predicted octanol–water partition coefficient (Wildman–Crippen LogP) is 5.12. The summed E-state index contributed by atoms with van der Waals surface area (Å²) in [7, 11) is 1.60. The van der Waals surface area contributed by atoms with Crippen LogP contribution in [-0.4, -0.2) is 29.4 Å². The van der Waals surface area contributed by atoms with Gasteiger partial charge >= 0.3 is 0 Å². The Bertz CT molecular complexity index is 1080. The molecule has 4 rings (SSSR count). The molecule has 2 heterocycles. The number of carbonyl (C=O) groups is 1. The summed E-state index contributed by atoms with van der Waals surface area (Å²) < 4.78 is 13.1. The first kappa shape index (κ1) is 20.3. The van der Waals surface area contributed by atoms with Gasteiger partial charge in [-0.2, -0.15) is 5.10 Å². The second-order valence-electron chi connectivity index (χ2n) is 8.50. The van der Waals surface area contributed by atoms with Gasteiger partial charge in [-0.1, -0.05) is 32.4 Å². The van der Waals surface area contributed by atoms with Gasteiger partial charge in [-0.25, -0.2) is 4.68 Å². The highest BCUT2D eigenvalue weighted by atomic mass is 35.5. The maximum atomic E-state index is 13.0. The lowest BCUT2D eigenvalue weighted by Gasteiger charge is -2.22. The summed E-state index contributed by atoms with van der Waals surface area (Å²) in [6.07, 6.45) is 1.88. The molecule has 0 unspecified atom stereocenters. The number of rotatable bonds is 5. The topological polar surface area (TPSA) is 56.6 Å². The third kappa shape index (κ3) is 4.00. The number of anilines is 1. The SMILES string of the molecule is COc1cc(N2Cc3cn(-c4ccc(Cl)cc4)nc3C2=O)ccc1OCC(C)(C)C. The zero-order chi connectivity index (χ0) is 21.5. The maximum absolute atomic E-state index is 13.0. The highest BCUT2D eigenvalue weighted by Gasteiger charge is 2.32. The Labute approximate surface area is 181 Å². The molecule has 30 heavy (non-hydrogen) atoms. The zero-order valence-corrected chi connectivity index (χ0v) is 18.2. The molecule has 0 saturated heterocycles. The number of nitrogens with zero attached hydrogens (tertiary/aromatic N) is 3. The van der Waals surface area contributed by atoms with Gasteiger partial charge in [0.1, 0.15) is 0 Å². The summed E-state index contributed by atoms with van der Waals surface area (Å²) in [5.41, 5.74) is 2.97. The lowest BCUT2D eigenvalue weighted by atomic mass is 9.99. The fraction of sp³-hybridized carbons (Fsp3) is 0.304. The van der Waals surface area contributed by atoms with E-state index in [-0.39, 0.29) is 11.3 Å². The van der Waals surface area contributed by atoms with E-state index in [2.05, 4.69) is 25.9 Å². The van der Waals surface area contributed by atoms with Crippen molar-refractivity contribution in [2.75, 3.05) is 18.6 Å². The monoisotopic (exact) mass is 425 g/mol. The summed E-state index contributed by atoms with van der Waals surface area (Å²) in [4.78, 5) is 14.7. The van der Waals surface area contributed by atoms with Crippen molar-refractivity contribution in [2.45, 2.75) is 27.3 Å². The quantitative estimate of drug-likeness (QED) is 0.569. The van der Waals surface area contributed by atoms with E-state index in [0.29, 0.717) is 35.4 Å². The van der Waals surface area contributed by atoms with Crippen LogP contribution < -0.4 is 14.4 Å². The van der Waals surface area contributed by atoms with Crippen LogP contribution in [0.3, 0.4) is 0 Å². The van der Waals surface area contributed by atoms with Crippen molar-refractivity contribution in [3.63, 3.8) is 0 Å². The van der Waals surface area contributed by atoms with E-state index in [1.54, 1.807) is 28.8 Å². The van der Waals surface area contributed by atoms with Crippen LogP contribution >= 0.6 is 11.6 Å². The van der Waals surface area contributed by atoms with E-state index < -0.39 is 0 Å². The molecule has 1 aromatic heterocycles. The van der Waals surface area contributed by atoms with Gasteiger partial charge in [0.05, 0.1) is 25.9 Å². The van der Waals surface area contributed by atoms with Crippen molar-refractivity contribution >= 4 is 23.2 Å². The van der Waals surface area contributed by atoms with Crippen LogP contribution in [0.25, 0.3) is 5.69 Å². The fourth-order valence-corrected chi connectivity index (χ4v) is 3.37. The predicted molar refractivity (Wildman–Crippen MR) is 117 cm³/mol. The molecule has 0 bridgehead atoms. The van der Waals surface area contributed by atoms with Crippen LogP contribution in [0, 0.1) is 5.41 Å². The minimum absolute atomic E-state index is 0.0344. The molecule has 1 aliphatic rings. The van der Waals surface area contributed by atoms with Crippen molar-refractivity contribution in [1.29, 1.82) is 0 Å². The lowest BCUT2D eigenvalue weighted by molar-refractivity contribution is 0.0991. The molecular formula is C23H24ClN3O3. The standard InChI is InChI=1S/C23H24ClN3O3/c1-23(2,3)14-30-19-10-9-18(11-20(19)29-4)26-12-15-13-27(25-21(15)22(26)28)17-7-5-16(24)6-8-17/h5-11,13H,12,14H2,1-4H3. The number of carbonyl (C=O) groups excluding carboxylic acids is 1. The van der Waals surface area contributed by atoms with Crippen molar-refractivity contribution in [3.05, 3.63) is 64.9 Å². The van der Waals surface area contributed by atoms with Crippen LogP contribution in [-0.2, 0) is 6.54 Å². The maximum Gasteiger partial charge on any atom is 0.279 e. The number of aromatic nitrogens is 2. The first-order valence-corrected chi connectivity index (χ1v) is 10.1. The normalized spacial score (nSPS) is 13.5. The van der Waals surface area contributed by atoms with E-state index in [0.717, 1.165) is 16.9 Å². The molecular weight excluding hydrogens is 402 g/mol. The number of amides is 1. The Morgan fingerprint density at radius 2 is 1.77 bits per heavy atom. The van der Waals surface area contributed by atoms with Gasteiger partial charge in [0.15, 0.2) is 17.2 Å². The molecule has 1 aliphatic heterocycles. The molecule has 0 radical (unpaired) electrons. The summed E-state index contributed by atoms with van der Waals surface area (Å²) in [5, 5.41) is 5.15. The largest absolute Gasteiger partial charge is 0.493 e. The Kier molecular flexibility index (Phi) is 5.20. The van der Waals surface area contributed by atoms with Gasteiger partial charge < -0.3 is 14.4 Å². The molecule has 0 fully saturated rings. The summed E-state index contributed by atoms with van der Waals surface area (Å²) in [6, 6.07) is 12.9. The third-order valence-corrected chi connectivity index (χ3v) is 5.03. The Morgan fingerprint density at radius 3 is 2.40 bits per heavy atom. The van der Waals surface area contributed by atoms with Crippen LogP contribution in [0.1, 0.15) is 36.8 Å². The first-order valence-electron chi connectivity index (χ1n) is 9.72. The second kappa shape index (κ2) is 7.69. The minimum atomic E-state index is -0.136. The average molecular weight is 426 g/mol. The molecule has 2 aromatic carbocycles. The van der Waals surface area contributed by atoms with Gasteiger partial charge in [-0.3, -0.25) is 4.79 Å². The molecule has 0 N–H and O–H groups in total. The summed E-state index contributed by atoms with van der Waals surface area (Å²) in [6.45, 7) is 7.34. The number of methoxy groups -OCH3 is 1. The molecule has 0 aliphatic carbocycles. The highest BCUT2D eigenvalue weighted by Crippen LogP contribution is 2.36. The van der Waals surface area contributed by atoms with E-state index in [4.69, 9.17) is 21.1 Å². The van der Waals surface area contributed by atoms with Crippen molar-refractivity contribution in [1.82, 2.24) is 9.78 Å². The van der Waals surface area contributed by atoms with Crippen LogP contribution in [0.5, 0.6) is 11.5 Å². The third-order valence-electron chi connectivity index (χ3n) is 4.78. The van der Waals surface area contributed by atoms with Crippen molar-refractivity contribution in [2.24, 2.45) is 5.41 Å². The highest BCUT2D eigenvalue weighted by molar-refractivity contribution is 6.30. The van der Waals surface area contributed by atoms with Crippen molar-refractivity contribution < 1.29 is 14.3 Å². The summed E-state index contributed by atoms with van der Waals surface area (Å²) >= 11 is 5.95. The first-order chi connectivity index (χ1) is 14.2. The van der Waals surface area contributed by atoms with Gasteiger partial charge in [-0.05, 0) is 41.8 Å². The number of hydrogen-bond donors (Lipinski definition) is 0. The number of ether oxygens (including phenoxy) is 2. The minimum Gasteiger partial charge on any atom is -0.493 e. The van der Waals surface area contributed by atoms with Crippen molar-refractivity contribution in [3.8, 4) is 17.2 Å². The van der Waals surface area contributed by atoms with E-state index in [1.165, 1.54) is 0 Å². The van der Waals surface area contributed by atoms with Gasteiger partial charge in [0.2, 0.25) is 0 Å². The number of benzene rings is 2. The zero-order valence-electron chi connectivity index (χ0n) is 17.5. The molecule has 1 amide bonds. The number of fused-ring (bicyclic) bond motifs is 1. The fourth-order valence-electron chi connectivity index (χ4n) is 3.25. The van der Waals surface area contributed by atoms with Crippen LogP contribution in [0.15, 0.2) is 48.7 Å². The average Bonchev–Trinajstić information content (AvgIpc) is 3.26. The van der Waals surface area contributed by atoms with E-state index in [9.17, 15) is 4.79 Å². The Hall–Kier alpha value is -2.99. The molecule has 3 aromatic rings. The Balaban J connectivity index is 1.55. The number of hydrogen-bond acceptors (Lipinski definition) is 4. The molecule has 0 saturated carbocycles. The molecule has 7 heteroatoms. The molecule has 0 atom stereocenters. The van der Waals surface area contributed by atoms with Gasteiger partial charge in [0, 0.05) is 28.5 Å². The molecule has 0 spiro atoms. The van der Waals surface area contributed by atoms with E-state index >= 15 is 0 Å². The van der Waals surface area contributed by atoms with E-state index in [1.807, 2.05) is 36.5 Å². The Morgan fingerprint density at radius 1 is 1.07 bits per heavy atom. The van der Waals surface area contributed by atoms with Crippen LogP contribution in [0.4, 0.5) is 5.69 Å². The lowest BCUT2D eigenvalue weighted by Crippen LogP contribution is -2.24. The molecule has 156 valence electrons. The second-order valence-corrected chi connectivity index (χ2v) is 8.94. The molecule has 6 nitrogen and oxygen atoms in total. The van der Waals surface area contributed by atoms with Gasteiger partial charge in [0.25, 0.3) is 5.91 Å². The number of halogens is 1. The van der Waals surface area contributed by atoms with Crippen LogP contribution in [0.2, 0.25) is 5.02 Å². The smallest absolute Gasteiger partial charge is 0.279 e. The summed E-state index contributed by atoms with van der Waals surface area (Å²) in [5.74, 6) is 1.12.